The van der Waals surface area contributed by atoms with Crippen molar-refractivity contribution in [3.05, 3.63) is 29.3 Å². The Kier molecular flexibility index (Phi) is 7.28. The Morgan fingerprint density at radius 2 is 1.91 bits per heavy atom. The number of carbonyl (C=O) groups excluding carboxylic acids is 1. The molecule has 1 rings (SSSR count). The minimum Gasteiger partial charge on any atom is -0.326 e. The van der Waals surface area contributed by atoms with Gasteiger partial charge < -0.3 is 10.2 Å². The topological polar surface area (TPSA) is 69.7 Å². The minimum absolute atomic E-state index is 0.0903. The Hall–Kier alpha value is -1.15. The van der Waals surface area contributed by atoms with Gasteiger partial charge >= 0.3 is 0 Å². The second-order valence-electron chi connectivity index (χ2n) is 5.27. The number of carbonyl (C=O) groups is 1. The molecule has 0 unspecified atom stereocenters. The van der Waals surface area contributed by atoms with Crippen molar-refractivity contribution in [2.75, 3.05) is 45.3 Å². The Balaban J connectivity index is 2.55. The van der Waals surface area contributed by atoms with Crippen LogP contribution in [0.15, 0.2) is 24.3 Å². The Bertz CT molecular complexity index is 605. The van der Waals surface area contributed by atoms with Gasteiger partial charge in [0.25, 0.3) is 0 Å². The summed E-state index contributed by atoms with van der Waals surface area (Å²) in [6.07, 6.45) is 1.24. The van der Waals surface area contributed by atoms with E-state index >= 15 is 0 Å². The lowest BCUT2D eigenvalue weighted by molar-refractivity contribution is -0.116. The molecule has 0 saturated carbocycles. The van der Waals surface area contributed by atoms with Crippen molar-refractivity contribution >= 4 is 33.2 Å². The third-order valence-corrected chi connectivity index (χ3v) is 4.50. The molecule has 0 aliphatic carbocycles. The first kappa shape index (κ1) is 18.9. The van der Waals surface area contributed by atoms with E-state index in [1.54, 1.807) is 24.3 Å². The molecule has 0 atom stereocenters. The van der Waals surface area contributed by atoms with Crippen molar-refractivity contribution in [2.45, 2.75) is 6.42 Å². The van der Waals surface area contributed by atoms with E-state index in [0.717, 1.165) is 6.26 Å². The van der Waals surface area contributed by atoms with Crippen molar-refractivity contribution in [1.82, 2.24) is 9.21 Å². The molecular weight excluding hydrogens is 326 g/mol. The van der Waals surface area contributed by atoms with E-state index < -0.39 is 10.0 Å². The van der Waals surface area contributed by atoms with Crippen LogP contribution in [0.1, 0.15) is 6.42 Å². The zero-order valence-electron chi connectivity index (χ0n) is 13.0. The molecule has 1 N–H and O–H groups in total. The lowest BCUT2D eigenvalue weighted by atomic mass is 10.3. The van der Waals surface area contributed by atoms with Crippen LogP contribution >= 0.6 is 11.6 Å². The lowest BCUT2D eigenvalue weighted by Crippen LogP contribution is -2.37. The molecule has 1 aromatic rings. The molecule has 1 amide bonds. The molecule has 0 radical (unpaired) electrons. The van der Waals surface area contributed by atoms with Crippen LogP contribution in [0.5, 0.6) is 0 Å². The predicted octanol–water partition coefficient (Wildman–Crippen LogP) is 1.49. The molecule has 0 heterocycles. The Morgan fingerprint density at radius 1 is 1.23 bits per heavy atom. The Labute approximate surface area is 137 Å². The third-order valence-electron chi connectivity index (χ3n) is 2.96. The molecule has 6 nitrogen and oxygen atoms in total. The first-order valence-corrected chi connectivity index (χ1v) is 9.06. The monoisotopic (exact) mass is 347 g/mol. The van der Waals surface area contributed by atoms with Gasteiger partial charge in [0.1, 0.15) is 0 Å². The van der Waals surface area contributed by atoms with Crippen LogP contribution in [-0.4, -0.2) is 63.5 Å². The number of rotatable bonds is 8. The van der Waals surface area contributed by atoms with E-state index in [2.05, 4.69) is 5.32 Å². The smallest absolute Gasteiger partial charge is 0.225 e. The van der Waals surface area contributed by atoms with Gasteiger partial charge in [-0.25, -0.2) is 12.7 Å². The van der Waals surface area contributed by atoms with Gasteiger partial charge in [-0.3, -0.25) is 4.79 Å². The maximum atomic E-state index is 11.9. The lowest BCUT2D eigenvalue weighted by Gasteiger charge is -2.21. The van der Waals surface area contributed by atoms with Gasteiger partial charge in [0.2, 0.25) is 15.9 Å². The normalized spacial score (nSPS) is 11.9. The number of nitrogens with one attached hydrogen (secondary N) is 1. The number of hydrogen-bond acceptors (Lipinski definition) is 4. The molecule has 0 bridgehead atoms. The van der Waals surface area contributed by atoms with Crippen molar-refractivity contribution in [2.24, 2.45) is 0 Å². The SMILES string of the molecule is CN(C)CCN(CCC(=O)Nc1cccc(Cl)c1)S(C)(=O)=O. The van der Waals surface area contributed by atoms with E-state index in [9.17, 15) is 13.2 Å². The number of hydrogen-bond donors (Lipinski definition) is 1. The molecule has 0 aliphatic rings. The molecule has 22 heavy (non-hydrogen) atoms. The van der Waals surface area contributed by atoms with Crippen LogP contribution in [0.3, 0.4) is 0 Å². The minimum atomic E-state index is -3.33. The first-order valence-electron chi connectivity index (χ1n) is 6.84. The van der Waals surface area contributed by atoms with E-state index in [-0.39, 0.29) is 18.9 Å². The molecule has 1 aromatic carbocycles. The summed E-state index contributed by atoms with van der Waals surface area (Å²) < 4.78 is 24.7. The third kappa shape index (κ3) is 7.22. The predicted molar refractivity (Wildman–Crippen MR) is 89.7 cm³/mol. The van der Waals surface area contributed by atoms with E-state index in [1.165, 1.54) is 4.31 Å². The highest BCUT2D eigenvalue weighted by atomic mass is 35.5. The quantitative estimate of drug-likeness (QED) is 0.773. The van der Waals surface area contributed by atoms with Gasteiger partial charge in [0, 0.05) is 36.8 Å². The highest BCUT2D eigenvalue weighted by molar-refractivity contribution is 7.88. The van der Waals surface area contributed by atoms with Crippen LogP contribution < -0.4 is 5.32 Å². The van der Waals surface area contributed by atoms with Gasteiger partial charge in [0.15, 0.2) is 0 Å². The summed E-state index contributed by atoms with van der Waals surface area (Å²) >= 11 is 5.84. The summed E-state index contributed by atoms with van der Waals surface area (Å²) in [5.41, 5.74) is 0.594. The maximum absolute atomic E-state index is 11.9. The van der Waals surface area contributed by atoms with Crippen molar-refractivity contribution in [3.63, 3.8) is 0 Å². The largest absolute Gasteiger partial charge is 0.326 e. The van der Waals surface area contributed by atoms with Crippen molar-refractivity contribution < 1.29 is 13.2 Å². The van der Waals surface area contributed by atoms with Crippen LogP contribution in [-0.2, 0) is 14.8 Å². The standard InChI is InChI=1S/C14H22ClN3O3S/c1-17(2)9-10-18(22(3,20)21)8-7-14(19)16-13-6-4-5-12(15)11-13/h4-6,11H,7-10H2,1-3H3,(H,16,19). The maximum Gasteiger partial charge on any atom is 0.225 e. The van der Waals surface area contributed by atoms with E-state index in [1.807, 2.05) is 19.0 Å². The summed E-state index contributed by atoms with van der Waals surface area (Å²) in [7, 11) is 0.404. The van der Waals surface area contributed by atoms with Crippen molar-refractivity contribution in [3.8, 4) is 0 Å². The first-order chi connectivity index (χ1) is 10.2. The number of nitrogens with zero attached hydrogens (tertiary/aromatic N) is 2. The second-order valence-corrected chi connectivity index (χ2v) is 7.69. The fourth-order valence-electron chi connectivity index (χ4n) is 1.77. The summed E-state index contributed by atoms with van der Waals surface area (Å²) in [5, 5.41) is 3.23. The van der Waals surface area contributed by atoms with Gasteiger partial charge in [0.05, 0.1) is 6.26 Å². The second kappa shape index (κ2) is 8.47. The fourth-order valence-corrected chi connectivity index (χ4v) is 2.80. The molecule has 0 spiro atoms. The molecule has 0 aromatic heterocycles. The molecule has 8 heteroatoms. The van der Waals surface area contributed by atoms with Crippen molar-refractivity contribution in [1.29, 1.82) is 0 Å². The average molecular weight is 348 g/mol. The molecule has 0 saturated heterocycles. The van der Waals surface area contributed by atoms with Gasteiger partial charge in [-0.15, -0.1) is 0 Å². The zero-order valence-corrected chi connectivity index (χ0v) is 14.6. The summed E-state index contributed by atoms with van der Waals surface area (Å²) in [6.45, 7) is 1.11. The highest BCUT2D eigenvalue weighted by Gasteiger charge is 2.17. The zero-order chi connectivity index (χ0) is 16.8. The number of amides is 1. The number of sulfonamides is 1. The van der Waals surface area contributed by atoms with Crippen LogP contribution in [0.25, 0.3) is 0 Å². The molecule has 0 aliphatic heterocycles. The number of halogens is 1. The number of likely N-dealkylation sites (N-methyl/N-ethyl adjacent to an activating group) is 1. The summed E-state index contributed by atoms with van der Waals surface area (Å²) in [6, 6.07) is 6.81. The highest BCUT2D eigenvalue weighted by Crippen LogP contribution is 2.15. The molecular formula is C14H22ClN3O3S. The molecule has 0 fully saturated rings. The van der Waals surface area contributed by atoms with Gasteiger partial charge in [-0.05, 0) is 32.3 Å². The van der Waals surface area contributed by atoms with E-state index in [4.69, 9.17) is 11.6 Å². The Morgan fingerprint density at radius 3 is 2.45 bits per heavy atom. The summed E-state index contributed by atoms with van der Waals surface area (Å²) in [4.78, 5) is 13.8. The number of benzene rings is 1. The van der Waals surface area contributed by atoms with Crippen LogP contribution in [0.4, 0.5) is 5.69 Å². The van der Waals surface area contributed by atoms with Gasteiger partial charge in [-0.2, -0.15) is 0 Å². The van der Waals surface area contributed by atoms with E-state index in [0.29, 0.717) is 23.8 Å². The van der Waals surface area contributed by atoms with Crippen LogP contribution in [0, 0.1) is 0 Å². The van der Waals surface area contributed by atoms with Crippen LogP contribution in [0.2, 0.25) is 5.02 Å². The summed E-state index contributed by atoms with van der Waals surface area (Å²) in [5.74, 6) is -0.249. The fraction of sp³-hybridized carbons (Fsp3) is 0.500. The number of anilines is 1. The van der Waals surface area contributed by atoms with Gasteiger partial charge in [-0.1, -0.05) is 17.7 Å². The molecule has 124 valence electrons. The average Bonchev–Trinajstić information content (AvgIpc) is 2.36.